The third-order valence-corrected chi connectivity index (χ3v) is 4.09. The fraction of sp³-hybridized carbons (Fsp3) is 0.588. The molecule has 1 saturated heterocycles. The molecule has 4 heteroatoms. The van der Waals surface area contributed by atoms with Crippen LogP contribution in [0.5, 0.6) is 0 Å². The number of aryl methyl sites for hydroxylation is 1. The molecule has 4 nitrogen and oxygen atoms in total. The summed E-state index contributed by atoms with van der Waals surface area (Å²) in [6.07, 6.45) is 3.64. The molecule has 1 aliphatic rings. The highest BCUT2D eigenvalue weighted by atomic mass is 16.2. The molecule has 0 unspecified atom stereocenters. The fourth-order valence-electron chi connectivity index (χ4n) is 2.87. The zero-order valence-electron chi connectivity index (χ0n) is 12.8. The highest BCUT2D eigenvalue weighted by molar-refractivity contribution is 5.76. The van der Waals surface area contributed by atoms with Gasteiger partial charge in [0.15, 0.2) is 0 Å². The number of carbonyl (C=O) groups is 1. The van der Waals surface area contributed by atoms with Crippen molar-refractivity contribution in [3.8, 4) is 0 Å². The van der Waals surface area contributed by atoms with Crippen molar-refractivity contribution < 1.29 is 4.79 Å². The molecule has 0 bridgehead atoms. The molecule has 0 aromatic heterocycles. The van der Waals surface area contributed by atoms with Crippen LogP contribution in [0.3, 0.4) is 0 Å². The van der Waals surface area contributed by atoms with Crippen molar-refractivity contribution >= 4 is 5.91 Å². The monoisotopic (exact) mass is 289 g/mol. The summed E-state index contributed by atoms with van der Waals surface area (Å²) in [7, 11) is 0. The van der Waals surface area contributed by atoms with Gasteiger partial charge in [-0.3, -0.25) is 4.79 Å². The van der Waals surface area contributed by atoms with Gasteiger partial charge in [-0.2, -0.15) is 0 Å². The number of hydrogen-bond donors (Lipinski definition) is 1. The lowest BCUT2D eigenvalue weighted by molar-refractivity contribution is -0.131. The molecule has 0 saturated carbocycles. The van der Waals surface area contributed by atoms with Gasteiger partial charge < -0.3 is 15.5 Å². The Morgan fingerprint density at radius 1 is 1.10 bits per heavy atom. The Labute approximate surface area is 127 Å². The summed E-state index contributed by atoms with van der Waals surface area (Å²) in [5.74, 6) is 0.306. The second-order valence-corrected chi connectivity index (χ2v) is 5.70. The zero-order chi connectivity index (χ0) is 14.9. The summed E-state index contributed by atoms with van der Waals surface area (Å²) in [5.41, 5.74) is 6.92. The van der Waals surface area contributed by atoms with Crippen molar-refractivity contribution in [2.24, 2.45) is 5.73 Å². The molecule has 2 N–H and O–H groups in total. The minimum absolute atomic E-state index is 0.306. The van der Waals surface area contributed by atoms with Crippen LogP contribution >= 0.6 is 0 Å². The Morgan fingerprint density at radius 2 is 1.90 bits per heavy atom. The maximum Gasteiger partial charge on any atom is 0.222 e. The van der Waals surface area contributed by atoms with E-state index in [-0.39, 0.29) is 0 Å². The Morgan fingerprint density at radius 3 is 2.67 bits per heavy atom. The lowest BCUT2D eigenvalue weighted by atomic mass is 10.1. The fourth-order valence-corrected chi connectivity index (χ4v) is 2.87. The van der Waals surface area contributed by atoms with Crippen molar-refractivity contribution in [2.75, 3.05) is 39.3 Å². The van der Waals surface area contributed by atoms with Crippen molar-refractivity contribution in [3.63, 3.8) is 0 Å². The molecule has 1 heterocycles. The molecule has 0 atom stereocenters. The van der Waals surface area contributed by atoms with Crippen LogP contribution in [0, 0.1) is 0 Å². The Balaban J connectivity index is 1.70. The smallest absolute Gasteiger partial charge is 0.222 e. The molecule has 2 rings (SSSR count). The van der Waals surface area contributed by atoms with E-state index in [4.69, 9.17) is 5.73 Å². The molecule has 1 aromatic rings. The lowest BCUT2D eigenvalue weighted by Crippen LogP contribution is -2.36. The first-order chi connectivity index (χ1) is 10.3. The van der Waals surface area contributed by atoms with Gasteiger partial charge >= 0.3 is 0 Å². The normalized spacial score (nSPS) is 16.7. The quantitative estimate of drug-likeness (QED) is 0.863. The third-order valence-electron chi connectivity index (χ3n) is 4.09. The molecule has 0 spiro atoms. The highest BCUT2D eigenvalue weighted by Crippen LogP contribution is 2.09. The van der Waals surface area contributed by atoms with Crippen molar-refractivity contribution in [1.82, 2.24) is 9.80 Å². The van der Waals surface area contributed by atoms with Crippen LogP contribution in [0.15, 0.2) is 30.3 Å². The molecular weight excluding hydrogens is 262 g/mol. The molecular formula is C17H27N3O. The van der Waals surface area contributed by atoms with Gasteiger partial charge in [-0.15, -0.1) is 0 Å². The number of amides is 1. The standard InChI is InChI=1S/C17H27N3O/c18-10-13-19-11-5-12-20(15-14-19)17(21)9-4-8-16-6-2-1-3-7-16/h1-3,6-7H,4-5,8-15,18H2. The van der Waals surface area contributed by atoms with Crippen molar-refractivity contribution in [3.05, 3.63) is 35.9 Å². The number of carbonyl (C=O) groups excluding carboxylic acids is 1. The average molecular weight is 289 g/mol. The first-order valence-electron chi connectivity index (χ1n) is 8.03. The molecule has 0 radical (unpaired) electrons. The van der Waals surface area contributed by atoms with Gasteiger partial charge in [0.05, 0.1) is 0 Å². The summed E-state index contributed by atoms with van der Waals surface area (Å²) in [4.78, 5) is 16.7. The van der Waals surface area contributed by atoms with Crippen LogP contribution in [0.1, 0.15) is 24.8 Å². The number of nitrogens with zero attached hydrogens (tertiary/aromatic N) is 2. The van der Waals surface area contributed by atoms with Gasteiger partial charge in [-0.25, -0.2) is 0 Å². The molecule has 0 aliphatic carbocycles. The zero-order valence-corrected chi connectivity index (χ0v) is 12.8. The van der Waals surface area contributed by atoms with Gasteiger partial charge in [0.2, 0.25) is 5.91 Å². The summed E-state index contributed by atoms with van der Waals surface area (Å²) in [6.45, 7) is 5.41. The topological polar surface area (TPSA) is 49.6 Å². The van der Waals surface area contributed by atoms with Crippen LogP contribution in [-0.4, -0.2) is 55.0 Å². The van der Waals surface area contributed by atoms with Gasteiger partial charge in [0.25, 0.3) is 0 Å². The van der Waals surface area contributed by atoms with E-state index in [2.05, 4.69) is 29.2 Å². The first-order valence-corrected chi connectivity index (χ1v) is 8.03. The molecule has 21 heavy (non-hydrogen) atoms. The van der Waals surface area contributed by atoms with E-state index in [1.807, 2.05) is 11.0 Å². The number of hydrogen-bond acceptors (Lipinski definition) is 3. The van der Waals surface area contributed by atoms with Gasteiger partial charge in [0.1, 0.15) is 0 Å². The maximum absolute atomic E-state index is 12.3. The van der Waals surface area contributed by atoms with Crippen molar-refractivity contribution in [1.29, 1.82) is 0 Å². The lowest BCUT2D eigenvalue weighted by Gasteiger charge is -2.21. The summed E-state index contributed by atoms with van der Waals surface area (Å²) in [6, 6.07) is 10.4. The molecule has 1 fully saturated rings. The Kier molecular flexibility index (Phi) is 6.70. The SMILES string of the molecule is NCCN1CCCN(C(=O)CCCc2ccccc2)CC1. The summed E-state index contributed by atoms with van der Waals surface area (Å²) in [5, 5.41) is 0. The van der Waals surface area contributed by atoms with Crippen LogP contribution in [0.4, 0.5) is 0 Å². The average Bonchev–Trinajstić information content (AvgIpc) is 2.74. The number of nitrogens with two attached hydrogens (primary N) is 1. The van der Waals surface area contributed by atoms with E-state index < -0.39 is 0 Å². The molecule has 116 valence electrons. The van der Waals surface area contributed by atoms with Crippen LogP contribution < -0.4 is 5.73 Å². The van der Waals surface area contributed by atoms with E-state index in [0.717, 1.165) is 52.0 Å². The second kappa shape index (κ2) is 8.80. The van der Waals surface area contributed by atoms with E-state index >= 15 is 0 Å². The highest BCUT2D eigenvalue weighted by Gasteiger charge is 2.18. The minimum Gasteiger partial charge on any atom is -0.341 e. The van der Waals surface area contributed by atoms with Crippen molar-refractivity contribution in [2.45, 2.75) is 25.7 Å². The van der Waals surface area contributed by atoms with E-state index in [1.165, 1.54) is 5.56 Å². The van der Waals surface area contributed by atoms with Gasteiger partial charge in [-0.1, -0.05) is 30.3 Å². The Hall–Kier alpha value is -1.39. The predicted molar refractivity (Wildman–Crippen MR) is 86.1 cm³/mol. The van der Waals surface area contributed by atoms with E-state index in [1.54, 1.807) is 0 Å². The Bertz CT molecular complexity index is 421. The second-order valence-electron chi connectivity index (χ2n) is 5.70. The van der Waals surface area contributed by atoms with Crippen LogP contribution in [0.2, 0.25) is 0 Å². The predicted octanol–water partition coefficient (Wildman–Crippen LogP) is 1.50. The van der Waals surface area contributed by atoms with E-state index in [9.17, 15) is 4.79 Å². The first kappa shape index (κ1) is 16.0. The molecule has 1 aromatic carbocycles. The largest absolute Gasteiger partial charge is 0.341 e. The maximum atomic E-state index is 12.3. The number of benzene rings is 1. The van der Waals surface area contributed by atoms with Crippen LogP contribution in [0.25, 0.3) is 0 Å². The van der Waals surface area contributed by atoms with Gasteiger partial charge in [-0.05, 0) is 31.4 Å². The molecule has 1 amide bonds. The number of rotatable bonds is 6. The van der Waals surface area contributed by atoms with Crippen LogP contribution in [-0.2, 0) is 11.2 Å². The minimum atomic E-state index is 0.306. The summed E-state index contributed by atoms with van der Waals surface area (Å²) >= 11 is 0. The third kappa shape index (κ3) is 5.48. The van der Waals surface area contributed by atoms with E-state index in [0.29, 0.717) is 18.9 Å². The molecule has 1 aliphatic heterocycles. The van der Waals surface area contributed by atoms with Gasteiger partial charge in [0, 0.05) is 39.1 Å². The summed E-state index contributed by atoms with van der Waals surface area (Å²) < 4.78 is 0.